The van der Waals surface area contributed by atoms with E-state index in [1.54, 1.807) is 28.0 Å². The predicted molar refractivity (Wildman–Crippen MR) is 131 cm³/mol. The summed E-state index contributed by atoms with van der Waals surface area (Å²) < 4.78 is 20.5. The van der Waals surface area contributed by atoms with Crippen molar-refractivity contribution in [2.45, 2.75) is 44.5 Å². The normalized spacial score (nSPS) is 11.2. The third kappa shape index (κ3) is 4.59. The highest BCUT2D eigenvalue weighted by molar-refractivity contribution is 7.98. The Kier molecular flexibility index (Phi) is 6.96. The molecule has 7 heteroatoms. The first-order valence-electron chi connectivity index (χ1n) is 10.7. The van der Waals surface area contributed by atoms with E-state index in [9.17, 15) is 9.18 Å². The molecule has 0 unspecified atom stereocenters. The highest BCUT2D eigenvalue weighted by Gasteiger charge is 2.19. The molecule has 2 aromatic heterocycles. The molecule has 32 heavy (non-hydrogen) atoms. The van der Waals surface area contributed by atoms with Crippen molar-refractivity contribution in [3.8, 4) is 11.4 Å². The number of hydrogen-bond donors (Lipinski definition) is 0. The molecule has 0 spiro atoms. The van der Waals surface area contributed by atoms with Crippen molar-refractivity contribution < 1.29 is 9.13 Å². The van der Waals surface area contributed by atoms with Gasteiger partial charge in [-0.3, -0.25) is 9.36 Å². The number of thiophene rings is 1. The lowest BCUT2D eigenvalue weighted by Crippen LogP contribution is -2.21. The lowest BCUT2D eigenvalue weighted by atomic mass is 10.1. The highest BCUT2D eigenvalue weighted by atomic mass is 32.2. The van der Waals surface area contributed by atoms with Crippen LogP contribution >= 0.6 is 23.1 Å². The fraction of sp³-hybridized carbons (Fsp3) is 0.280. The van der Waals surface area contributed by atoms with Crippen LogP contribution in [0.25, 0.3) is 15.9 Å². The number of ether oxygens (including phenoxy) is 1. The number of benzene rings is 2. The molecular weight excluding hydrogens is 443 g/mol. The largest absolute Gasteiger partial charge is 0.494 e. The van der Waals surface area contributed by atoms with Crippen molar-refractivity contribution >= 4 is 33.3 Å². The maximum Gasteiger partial charge on any atom is 0.267 e. The van der Waals surface area contributed by atoms with Gasteiger partial charge in [-0.1, -0.05) is 37.2 Å². The molecule has 0 aliphatic carbocycles. The van der Waals surface area contributed by atoms with Crippen LogP contribution in [-0.2, 0) is 12.2 Å². The van der Waals surface area contributed by atoms with Gasteiger partial charge in [0.05, 0.1) is 17.7 Å². The van der Waals surface area contributed by atoms with Gasteiger partial charge in [0.1, 0.15) is 16.4 Å². The first-order valence-corrected chi connectivity index (χ1v) is 12.5. The molecule has 0 atom stereocenters. The summed E-state index contributed by atoms with van der Waals surface area (Å²) in [4.78, 5) is 20.6. The number of aromatic nitrogens is 2. The van der Waals surface area contributed by atoms with E-state index >= 15 is 0 Å². The lowest BCUT2D eigenvalue weighted by Gasteiger charge is -2.13. The van der Waals surface area contributed by atoms with Crippen LogP contribution in [0.15, 0.2) is 58.5 Å². The monoisotopic (exact) mass is 468 g/mol. The summed E-state index contributed by atoms with van der Waals surface area (Å²) in [6.07, 6.45) is 1.96. The van der Waals surface area contributed by atoms with Crippen LogP contribution in [-0.4, -0.2) is 16.2 Å². The first kappa shape index (κ1) is 22.6. The Morgan fingerprint density at radius 3 is 2.47 bits per heavy atom. The summed E-state index contributed by atoms with van der Waals surface area (Å²) >= 11 is 3.08. The van der Waals surface area contributed by atoms with Crippen molar-refractivity contribution in [3.63, 3.8) is 0 Å². The van der Waals surface area contributed by atoms with E-state index in [0.29, 0.717) is 22.9 Å². The highest BCUT2D eigenvalue weighted by Crippen LogP contribution is 2.32. The third-order valence-electron chi connectivity index (χ3n) is 5.20. The van der Waals surface area contributed by atoms with Crippen molar-refractivity contribution in [3.05, 3.63) is 80.7 Å². The quantitative estimate of drug-likeness (QED) is 0.218. The molecule has 0 aliphatic rings. The Labute approximate surface area is 195 Å². The van der Waals surface area contributed by atoms with E-state index in [4.69, 9.17) is 9.72 Å². The maximum absolute atomic E-state index is 13.7. The zero-order valence-corrected chi connectivity index (χ0v) is 20.0. The Hall–Kier alpha value is -2.64. The van der Waals surface area contributed by atoms with Crippen LogP contribution in [0.1, 0.15) is 36.3 Å². The van der Waals surface area contributed by atoms with E-state index in [0.717, 1.165) is 40.2 Å². The summed E-state index contributed by atoms with van der Waals surface area (Å²) in [6, 6.07) is 13.9. The van der Waals surface area contributed by atoms with Crippen molar-refractivity contribution in [2.24, 2.45) is 0 Å². The van der Waals surface area contributed by atoms with Gasteiger partial charge in [-0.15, -0.1) is 11.3 Å². The Bertz CT molecular complexity index is 1280. The molecule has 4 rings (SSSR count). The SMILES string of the molecule is CCCc1sc2nc(SCc3ccc(F)cc3)n(-c3ccc(OCC)cc3)c(=O)c2c1C. The fourth-order valence-electron chi connectivity index (χ4n) is 3.59. The number of aryl methyl sites for hydroxylation is 2. The van der Waals surface area contributed by atoms with Crippen molar-refractivity contribution in [1.29, 1.82) is 0 Å². The molecule has 4 aromatic rings. The summed E-state index contributed by atoms with van der Waals surface area (Å²) in [7, 11) is 0. The molecule has 0 saturated carbocycles. The molecule has 0 N–H and O–H groups in total. The molecule has 2 aromatic carbocycles. The van der Waals surface area contributed by atoms with Gasteiger partial charge in [0.15, 0.2) is 5.16 Å². The minimum absolute atomic E-state index is 0.0585. The maximum atomic E-state index is 13.7. The molecule has 0 aliphatic heterocycles. The van der Waals surface area contributed by atoms with Gasteiger partial charge in [-0.25, -0.2) is 9.37 Å². The molecule has 2 heterocycles. The molecule has 0 saturated heterocycles. The van der Waals surface area contributed by atoms with E-state index in [1.165, 1.54) is 28.8 Å². The first-order chi connectivity index (χ1) is 15.5. The number of rotatable bonds is 8. The second-order valence-electron chi connectivity index (χ2n) is 7.46. The average molecular weight is 469 g/mol. The summed E-state index contributed by atoms with van der Waals surface area (Å²) in [6.45, 7) is 6.67. The molecule has 0 fully saturated rings. The standard InChI is InChI=1S/C25H25FN2O2S2/c1-4-6-21-16(3)22-23(32-21)27-25(31-15-17-7-9-18(26)10-8-17)28(24(22)29)19-11-13-20(14-12-19)30-5-2/h7-14H,4-6,15H2,1-3H3. The topological polar surface area (TPSA) is 44.1 Å². The average Bonchev–Trinajstić information content (AvgIpc) is 3.10. The number of hydrogen-bond acceptors (Lipinski definition) is 5. The van der Waals surface area contributed by atoms with E-state index in [-0.39, 0.29) is 11.4 Å². The number of fused-ring (bicyclic) bond motifs is 1. The van der Waals surface area contributed by atoms with Crippen LogP contribution in [0, 0.1) is 12.7 Å². The van der Waals surface area contributed by atoms with Crippen molar-refractivity contribution in [2.75, 3.05) is 6.61 Å². The van der Waals surface area contributed by atoms with Gasteiger partial charge < -0.3 is 4.74 Å². The number of halogens is 1. The second-order valence-corrected chi connectivity index (χ2v) is 9.48. The molecule has 4 nitrogen and oxygen atoms in total. The van der Waals surface area contributed by atoms with Gasteiger partial charge in [-0.2, -0.15) is 0 Å². The van der Waals surface area contributed by atoms with E-state index < -0.39 is 0 Å². The molecular formula is C25H25FN2O2S2. The summed E-state index contributed by atoms with van der Waals surface area (Å²) in [5.41, 5.74) is 2.69. The van der Waals surface area contributed by atoms with Gasteiger partial charge >= 0.3 is 0 Å². The number of nitrogens with zero attached hydrogens (tertiary/aromatic N) is 2. The van der Waals surface area contributed by atoms with E-state index in [1.807, 2.05) is 38.1 Å². The van der Waals surface area contributed by atoms with Crippen LogP contribution in [0.4, 0.5) is 4.39 Å². The molecule has 0 amide bonds. The van der Waals surface area contributed by atoms with Crippen molar-refractivity contribution in [1.82, 2.24) is 9.55 Å². The van der Waals surface area contributed by atoms with Crippen LogP contribution in [0.2, 0.25) is 0 Å². The summed E-state index contributed by atoms with van der Waals surface area (Å²) in [5.74, 6) is 1.08. The Balaban J connectivity index is 1.82. The van der Waals surface area contributed by atoms with Crippen LogP contribution < -0.4 is 10.3 Å². The molecule has 0 bridgehead atoms. The third-order valence-corrected chi connectivity index (χ3v) is 7.45. The number of thioether (sulfide) groups is 1. The van der Waals surface area contributed by atoms with Gasteiger partial charge in [0.2, 0.25) is 0 Å². The Morgan fingerprint density at radius 1 is 1.09 bits per heavy atom. The van der Waals surface area contributed by atoms with Gasteiger partial charge in [-0.05, 0) is 67.8 Å². The van der Waals surface area contributed by atoms with E-state index in [2.05, 4.69) is 6.92 Å². The molecule has 166 valence electrons. The fourth-order valence-corrected chi connectivity index (χ4v) is 5.88. The second kappa shape index (κ2) is 9.88. The smallest absolute Gasteiger partial charge is 0.267 e. The van der Waals surface area contributed by atoms with Crippen LogP contribution in [0.5, 0.6) is 5.75 Å². The lowest BCUT2D eigenvalue weighted by molar-refractivity contribution is 0.340. The van der Waals surface area contributed by atoms with Gasteiger partial charge in [0.25, 0.3) is 5.56 Å². The van der Waals surface area contributed by atoms with Gasteiger partial charge in [0, 0.05) is 10.6 Å². The predicted octanol–water partition coefficient (Wildman–Crippen LogP) is 6.54. The Morgan fingerprint density at radius 2 is 1.81 bits per heavy atom. The van der Waals surface area contributed by atoms with Crippen LogP contribution in [0.3, 0.4) is 0 Å². The zero-order valence-electron chi connectivity index (χ0n) is 18.4. The zero-order chi connectivity index (χ0) is 22.7. The molecule has 0 radical (unpaired) electrons. The minimum atomic E-state index is -0.262. The summed E-state index contributed by atoms with van der Waals surface area (Å²) in [5, 5.41) is 1.32. The minimum Gasteiger partial charge on any atom is -0.494 e.